The molecule has 4 aromatic rings. The summed E-state index contributed by atoms with van der Waals surface area (Å²) in [6.45, 7) is 2.62. The predicted molar refractivity (Wildman–Crippen MR) is 143 cm³/mol. The van der Waals surface area contributed by atoms with Gasteiger partial charge in [-0.15, -0.1) is 5.73 Å². The van der Waals surface area contributed by atoms with Crippen LogP contribution in [-0.4, -0.2) is 44.8 Å². The molecule has 0 radical (unpaired) electrons. The van der Waals surface area contributed by atoms with Crippen LogP contribution in [-0.2, 0) is 11.3 Å². The zero-order valence-corrected chi connectivity index (χ0v) is 22.4. The molecular weight excluding hydrogens is 535 g/mol. The van der Waals surface area contributed by atoms with E-state index in [1.807, 2.05) is 42.5 Å². The number of alkyl halides is 3. The van der Waals surface area contributed by atoms with Gasteiger partial charge in [0.05, 0.1) is 18.8 Å². The number of hydrogen-bond acceptors (Lipinski definition) is 8. The fourth-order valence-corrected chi connectivity index (χ4v) is 4.93. The Morgan fingerprint density at radius 3 is 2.56 bits per heavy atom. The van der Waals surface area contributed by atoms with Crippen LogP contribution in [0.3, 0.4) is 0 Å². The van der Waals surface area contributed by atoms with Gasteiger partial charge in [0, 0.05) is 36.8 Å². The molecule has 0 saturated carbocycles. The summed E-state index contributed by atoms with van der Waals surface area (Å²) in [5.41, 5.74) is 5.40. The first kappa shape index (κ1) is 26.9. The van der Waals surface area contributed by atoms with Crippen LogP contribution in [0.25, 0.3) is 16.7 Å². The predicted octanol–water partition coefficient (Wildman–Crippen LogP) is 6.22. The maximum atomic E-state index is 13.2. The third-order valence-electron chi connectivity index (χ3n) is 7.17. The van der Waals surface area contributed by atoms with Gasteiger partial charge in [0.1, 0.15) is 29.3 Å². The molecule has 1 aromatic carbocycles. The molecular formula is C30H26F3N5O3. The second kappa shape index (κ2) is 10.9. The lowest BCUT2D eigenvalue weighted by molar-refractivity contribution is -0.0934. The molecule has 0 spiro atoms. The first-order valence-corrected chi connectivity index (χ1v) is 13.2. The molecule has 2 aliphatic rings. The largest absolute Gasteiger partial charge is 0.480 e. The van der Waals surface area contributed by atoms with Crippen molar-refractivity contribution >= 4 is 16.7 Å². The van der Waals surface area contributed by atoms with E-state index in [0.29, 0.717) is 65.9 Å². The number of methoxy groups -OCH3 is 1. The van der Waals surface area contributed by atoms with Crippen molar-refractivity contribution in [3.05, 3.63) is 88.3 Å². The van der Waals surface area contributed by atoms with Gasteiger partial charge in [0.2, 0.25) is 11.8 Å². The van der Waals surface area contributed by atoms with Crippen molar-refractivity contribution in [2.75, 3.05) is 13.7 Å². The van der Waals surface area contributed by atoms with Gasteiger partial charge in [0.25, 0.3) is 0 Å². The van der Waals surface area contributed by atoms with Crippen molar-refractivity contribution < 1.29 is 27.4 Å². The van der Waals surface area contributed by atoms with E-state index in [0.717, 1.165) is 11.1 Å². The van der Waals surface area contributed by atoms with Crippen LogP contribution in [0.4, 0.5) is 13.2 Å². The Kier molecular flexibility index (Phi) is 7.15. The van der Waals surface area contributed by atoms with Crippen LogP contribution in [0.2, 0.25) is 0 Å². The SMILES string of the molecule is COc1nc2c(C3=C=C(C(F)(F)F)C3)nc([C@H]3CCO[C@@H](c4ccc(OCc5ccccc5)nc4)C3)nc2nc1C. The molecule has 1 fully saturated rings. The van der Waals surface area contributed by atoms with Crippen molar-refractivity contribution in [3.63, 3.8) is 0 Å². The fraction of sp³-hybridized carbons (Fsp3) is 0.333. The van der Waals surface area contributed by atoms with E-state index in [-0.39, 0.29) is 24.3 Å². The van der Waals surface area contributed by atoms with Gasteiger partial charge >= 0.3 is 6.18 Å². The van der Waals surface area contributed by atoms with E-state index >= 15 is 0 Å². The summed E-state index contributed by atoms with van der Waals surface area (Å²) in [5.74, 6) is 1.16. The summed E-state index contributed by atoms with van der Waals surface area (Å²) in [6, 6.07) is 13.6. The number of allylic oxidation sites excluding steroid dienone is 1. The van der Waals surface area contributed by atoms with E-state index in [9.17, 15) is 13.2 Å². The molecule has 1 saturated heterocycles. The van der Waals surface area contributed by atoms with Gasteiger partial charge in [0.15, 0.2) is 5.65 Å². The number of hydrogen-bond donors (Lipinski definition) is 0. The van der Waals surface area contributed by atoms with Crippen molar-refractivity contribution in [2.45, 2.75) is 51.0 Å². The van der Waals surface area contributed by atoms with Gasteiger partial charge in [-0.2, -0.15) is 13.2 Å². The van der Waals surface area contributed by atoms with Crippen LogP contribution >= 0.6 is 0 Å². The molecule has 0 bridgehead atoms. The minimum Gasteiger partial charge on any atom is -0.480 e. The Morgan fingerprint density at radius 2 is 1.85 bits per heavy atom. The normalized spacial score (nSPS) is 18.9. The average Bonchev–Trinajstić information content (AvgIpc) is 2.95. The van der Waals surface area contributed by atoms with Crippen LogP contribution in [0.15, 0.2) is 60.0 Å². The summed E-state index contributed by atoms with van der Waals surface area (Å²) in [7, 11) is 1.46. The number of pyridine rings is 1. The van der Waals surface area contributed by atoms with Crippen molar-refractivity contribution in [1.82, 2.24) is 24.9 Å². The Labute approximate surface area is 234 Å². The second-order valence-electron chi connectivity index (χ2n) is 9.96. The van der Waals surface area contributed by atoms with Gasteiger partial charge < -0.3 is 14.2 Å². The lowest BCUT2D eigenvalue weighted by Gasteiger charge is -2.29. The van der Waals surface area contributed by atoms with Gasteiger partial charge in [-0.1, -0.05) is 30.3 Å². The highest BCUT2D eigenvalue weighted by Gasteiger charge is 2.39. The molecule has 6 rings (SSSR count). The van der Waals surface area contributed by atoms with Gasteiger partial charge in [-0.3, -0.25) is 0 Å². The zero-order chi connectivity index (χ0) is 28.6. The summed E-state index contributed by atoms with van der Waals surface area (Å²) < 4.78 is 56.7. The third-order valence-corrected chi connectivity index (χ3v) is 7.17. The van der Waals surface area contributed by atoms with Crippen LogP contribution < -0.4 is 9.47 Å². The quantitative estimate of drug-likeness (QED) is 0.246. The average molecular weight is 562 g/mol. The second-order valence-corrected chi connectivity index (χ2v) is 9.96. The number of fused-ring (bicyclic) bond motifs is 1. The summed E-state index contributed by atoms with van der Waals surface area (Å²) >= 11 is 0. The van der Waals surface area contributed by atoms with E-state index in [4.69, 9.17) is 24.2 Å². The fourth-order valence-electron chi connectivity index (χ4n) is 4.93. The van der Waals surface area contributed by atoms with Crippen molar-refractivity contribution in [3.8, 4) is 11.8 Å². The molecule has 0 N–H and O–H groups in total. The van der Waals surface area contributed by atoms with E-state index in [2.05, 4.69) is 20.7 Å². The lowest BCUT2D eigenvalue weighted by Crippen LogP contribution is -2.22. The number of aryl methyl sites for hydroxylation is 1. The number of ether oxygens (including phenoxy) is 3. The van der Waals surface area contributed by atoms with E-state index in [1.54, 1.807) is 13.1 Å². The number of benzene rings is 1. The highest BCUT2D eigenvalue weighted by Crippen LogP contribution is 2.42. The Morgan fingerprint density at radius 1 is 1.05 bits per heavy atom. The van der Waals surface area contributed by atoms with E-state index in [1.165, 1.54) is 7.11 Å². The number of nitrogens with zero attached hydrogens (tertiary/aromatic N) is 5. The summed E-state index contributed by atoms with van der Waals surface area (Å²) in [4.78, 5) is 22.9. The highest BCUT2D eigenvalue weighted by molar-refractivity contribution is 5.87. The molecule has 1 aliphatic heterocycles. The maximum absolute atomic E-state index is 13.2. The number of aromatic nitrogens is 5. The molecule has 0 amide bonds. The van der Waals surface area contributed by atoms with Crippen LogP contribution in [0.5, 0.6) is 11.8 Å². The molecule has 8 nitrogen and oxygen atoms in total. The highest BCUT2D eigenvalue weighted by atomic mass is 19.4. The Balaban J connectivity index is 1.26. The summed E-state index contributed by atoms with van der Waals surface area (Å²) in [6.07, 6.45) is -2.02. The van der Waals surface area contributed by atoms with Gasteiger partial charge in [-0.25, -0.2) is 24.9 Å². The van der Waals surface area contributed by atoms with Crippen LogP contribution in [0, 0.1) is 6.92 Å². The maximum Gasteiger partial charge on any atom is 0.420 e. The zero-order valence-electron chi connectivity index (χ0n) is 22.4. The van der Waals surface area contributed by atoms with Gasteiger partial charge in [-0.05, 0) is 37.0 Å². The first-order valence-electron chi connectivity index (χ1n) is 13.2. The minimum absolute atomic E-state index is 0.109. The monoisotopic (exact) mass is 561 g/mol. The van der Waals surface area contributed by atoms with Crippen LogP contribution in [0.1, 0.15) is 59.6 Å². The Bertz CT molecular complexity index is 1650. The van der Waals surface area contributed by atoms with Crippen molar-refractivity contribution in [1.29, 1.82) is 0 Å². The third kappa shape index (κ3) is 5.64. The number of rotatable bonds is 7. The molecule has 4 heterocycles. The molecule has 0 unspecified atom stereocenters. The molecule has 2 atom stereocenters. The number of halogens is 3. The molecule has 210 valence electrons. The Hall–Kier alpha value is -4.34. The first-order chi connectivity index (χ1) is 19.8. The van der Waals surface area contributed by atoms with E-state index < -0.39 is 11.7 Å². The molecule has 3 aromatic heterocycles. The smallest absolute Gasteiger partial charge is 0.420 e. The van der Waals surface area contributed by atoms with Crippen molar-refractivity contribution in [2.24, 2.45) is 0 Å². The topological polar surface area (TPSA) is 92.1 Å². The standard InChI is InChI=1S/C30H26F3N5O3/c1-17-29(39-2)37-26-25(21-12-22(13-21)30(31,32)33)36-27(38-28(26)35-17)19-10-11-40-23(14-19)20-8-9-24(34-15-20)41-16-18-6-4-3-5-7-18/h3-9,15,19,23H,10-12,14,16H2,1-2H3/t19-,23+/m0/s1. The minimum atomic E-state index is -4.43. The molecule has 41 heavy (non-hydrogen) atoms. The molecule has 11 heteroatoms. The summed E-state index contributed by atoms with van der Waals surface area (Å²) in [5, 5.41) is 0. The lowest BCUT2D eigenvalue weighted by atomic mass is 9.90. The molecule has 1 aliphatic carbocycles.